The first-order chi connectivity index (χ1) is 17.1. The predicted octanol–water partition coefficient (Wildman–Crippen LogP) is 4.51. The van der Waals surface area contributed by atoms with E-state index in [1.54, 1.807) is 36.4 Å². The van der Waals surface area contributed by atoms with Crippen molar-refractivity contribution in [1.82, 2.24) is 10.2 Å². The van der Waals surface area contributed by atoms with Gasteiger partial charge in [0.1, 0.15) is 24.7 Å². The summed E-state index contributed by atoms with van der Waals surface area (Å²) in [4.78, 5) is 27.3. The second-order valence-electron chi connectivity index (χ2n) is 7.99. The Morgan fingerprint density at radius 3 is 2.09 bits per heavy atom. The van der Waals surface area contributed by atoms with E-state index in [-0.39, 0.29) is 16.9 Å². The number of nitrogens with one attached hydrogen (secondary N) is 2. The van der Waals surface area contributed by atoms with Gasteiger partial charge in [-0.15, -0.1) is 0 Å². The summed E-state index contributed by atoms with van der Waals surface area (Å²) in [5.41, 5.74) is 1.53. The fourth-order valence-corrected chi connectivity index (χ4v) is 3.94. The molecule has 0 saturated carbocycles. The van der Waals surface area contributed by atoms with E-state index in [0.717, 1.165) is 31.7 Å². The zero-order chi connectivity index (χ0) is 24.5. The van der Waals surface area contributed by atoms with Gasteiger partial charge in [0.05, 0.1) is 11.3 Å². The smallest absolute Gasteiger partial charge is 0.257 e. The van der Waals surface area contributed by atoms with Crippen LogP contribution in [0, 0.1) is 0 Å². The van der Waals surface area contributed by atoms with Crippen LogP contribution in [0.15, 0.2) is 78.9 Å². The van der Waals surface area contributed by atoms with Crippen LogP contribution in [-0.2, 0) is 0 Å². The Labute approximate surface area is 210 Å². The lowest BCUT2D eigenvalue weighted by molar-refractivity contribution is 0.0793. The van der Waals surface area contributed by atoms with Gasteiger partial charge >= 0.3 is 0 Å². The zero-order valence-corrected chi connectivity index (χ0v) is 20.1. The van der Waals surface area contributed by atoms with E-state index in [9.17, 15) is 9.59 Å². The van der Waals surface area contributed by atoms with Gasteiger partial charge in [0, 0.05) is 18.7 Å². The Balaban J connectivity index is 1.26. The third kappa shape index (κ3) is 6.80. The molecule has 0 aromatic heterocycles. The largest absolute Gasteiger partial charge is 0.490 e. The van der Waals surface area contributed by atoms with Crippen molar-refractivity contribution in [1.29, 1.82) is 0 Å². The van der Waals surface area contributed by atoms with Gasteiger partial charge in [-0.3, -0.25) is 14.9 Å². The number of hydrogen-bond donors (Lipinski definition) is 2. The SMILES string of the molecule is O=C(NC(=S)Nc1ccccc1C(=O)N1CCCC1)c1ccc(OCCOc2ccccc2)cc1. The second-order valence-corrected chi connectivity index (χ2v) is 8.40. The van der Waals surface area contributed by atoms with Crippen molar-refractivity contribution >= 4 is 34.8 Å². The number of likely N-dealkylation sites (tertiary alicyclic amines) is 1. The molecule has 1 aliphatic heterocycles. The molecule has 2 N–H and O–H groups in total. The van der Waals surface area contributed by atoms with E-state index in [4.69, 9.17) is 21.7 Å². The molecular formula is C27H27N3O4S. The third-order valence-electron chi connectivity index (χ3n) is 5.51. The average Bonchev–Trinajstić information content (AvgIpc) is 3.43. The Morgan fingerprint density at radius 2 is 1.40 bits per heavy atom. The van der Waals surface area contributed by atoms with E-state index in [2.05, 4.69) is 10.6 Å². The number of nitrogens with zero attached hydrogens (tertiary/aromatic N) is 1. The number of thiocarbonyl (C=S) groups is 1. The molecule has 3 aromatic carbocycles. The highest BCUT2D eigenvalue weighted by atomic mass is 32.1. The minimum atomic E-state index is -0.357. The maximum Gasteiger partial charge on any atom is 0.257 e. The molecule has 7 nitrogen and oxygen atoms in total. The van der Waals surface area contributed by atoms with Crippen LogP contribution in [0.25, 0.3) is 0 Å². The van der Waals surface area contributed by atoms with Gasteiger partial charge in [0.2, 0.25) is 0 Å². The molecule has 1 aliphatic rings. The molecule has 0 spiro atoms. The van der Waals surface area contributed by atoms with Gasteiger partial charge in [-0.25, -0.2) is 0 Å². The lowest BCUT2D eigenvalue weighted by Gasteiger charge is -2.18. The van der Waals surface area contributed by atoms with E-state index in [1.165, 1.54) is 0 Å². The summed E-state index contributed by atoms with van der Waals surface area (Å²) in [6.07, 6.45) is 2.03. The summed E-state index contributed by atoms with van der Waals surface area (Å²) in [6.45, 7) is 2.31. The molecule has 1 heterocycles. The number of hydrogen-bond acceptors (Lipinski definition) is 5. The molecule has 3 aromatic rings. The van der Waals surface area contributed by atoms with Crippen molar-refractivity contribution in [3.05, 3.63) is 90.0 Å². The number of rotatable bonds is 8. The monoisotopic (exact) mass is 489 g/mol. The van der Waals surface area contributed by atoms with Crippen molar-refractivity contribution in [3.8, 4) is 11.5 Å². The maximum absolute atomic E-state index is 12.8. The van der Waals surface area contributed by atoms with Crippen LogP contribution in [0.2, 0.25) is 0 Å². The first-order valence-electron chi connectivity index (χ1n) is 11.5. The topological polar surface area (TPSA) is 79.9 Å². The van der Waals surface area contributed by atoms with E-state index in [1.807, 2.05) is 47.4 Å². The van der Waals surface area contributed by atoms with Crippen molar-refractivity contribution in [3.63, 3.8) is 0 Å². The summed E-state index contributed by atoms with van der Waals surface area (Å²) in [5, 5.41) is 5.77. The van der Waals surface area contributed by atoms with Crippen LogP contribution in [0.4, 0.5) is 5.69 Å². The standard InChI is InChI=1S/C27H27N3O4S/c31-25(20-12-14-22(15-13-20)34-19-18-33-21-8-2-1-3-9-21)29-27(35)28-24-11-5-4-10-23(24)26(32)30-16-6-7-17-30/h1-5,8-15H,6-7,16-19H2,(H2,28,29,31,35). The lowest BCUT2D eigenvalue weighted by atomic mass is 10.1. The first-order valence-corrected chi connectivity index (χ1v) is 11.9. The fraction of sp³-hybridized carbons (Fsp3) is 0.222. The van der Waals surface area contributed by atoms with Gasteiger partial charge in [-0.2, -0.15) is 0 Å². The number of carbonyl (C=O) groups excluding carboxylic acids is 2. The summed E-state index contributed by atoms with van der Waals surface area (Å²) < 4.78 is 11.3. The van der Waals surface area contributed by atoms with Crippen LogP contribution in [0.1, 0.15) is 33.6 Å². The van der Waals surface area contributed by atoms with Crippen LogP contribution in [0.3, 0.4) is 0 Å². The highest BCUT2D eigenvalue weighted by Gasteiger charge is 2.22. The highest BCUT2D eigenvalue weighted by molar-refractivity contribution is 7.80. The van der Waals surface area contributed by atoms with E-state index in [0.29, 0.717) is 35.8 Å². The Morgan fingerprint density at radius 1 is 0.800 bits per heavy atom. The van der Waals surface area contributed by atoms with E-state index < -0.39 is 0 Å². The normalized spacial score (nSPS) is 12.6. The molecule has 0 aliphatic carbocycles. The molecule has 0 unspecified atom stereocenters. The number of para-hydroxylation sites is 2. The average molecular weight is 490 g/mol. The lowest BCUT2D eigenvalue weighted by Crippen LogP contribution is -2.35. The van der Waals surface area contributed by atoms with Gasteiger partial charge in [-0.05, 0) is 73.6 Å². The number of benzene rings is 3. The fourth-order valence-electron chi connectivity index (χ4n) is 3.74. The number of carbonyl (C=O) groups is 2. The van der Waals surface area contributed by atoms with Gasteiger partial charge in [-0.1, -0.05) is 30.3 Å². The highest BCUT2D eigenvalue weighted by Crippen LogP contribution is 2.20. The van der Waals surface area contributed by atoms with Crippen molar-refractivity contribution in [2.24, 2.45) is 0 Å². The van der Waals surface area contributed by atoms with Crippen LogP contribution < -0.4 is 20.1 Å². The maximum atomic E-state index is 12.8. The number of ether oxygens (including phenoxy) is 2. The van der Waals surface area contributed by atoms with Gasteiger partial charge in [0.25, 0.3) is 11.8 Å². The zero-order valence-electron chi connectivity index (χ0n) is 19.2. The molecule has 8 heteroatoms. The molecule has 1 fully saturated rings. The minimum absolute atomic E-state index is 0.0375. The van der Waals surface area contributed by atoms with Gasteiger partial charge < -0.3 is 19.7 Å². The molecule has 2 amide bonds. The molecule has 35 heavy (non-hydrogen) atoms. The Kier molecular flexibility index (Phi) is 8.30. The summed E-state index contributed by atoms with van der Waals surface area (Å²) >= 11 is 5.32. The third-order valence-corrected chi connectivity index (χ3v) is 5.71. The summed E-state index contributed by atoms with van der Waals surface area (Å²) in [7, 11) is 0. The minimum Gasteiger partial charge on any atom is -0.490 e. The summed E-state index contributed by atoms with van der Waals surface area (Å²) in [6, 6.07) is 23.5. The quantitative estimate of drug-likeness (QED) is 0.358. The molecular weight excluding hydrogens is 462 g/mol. The number of amides is 2. The molecule has 0 bridgehead atoms. The van der Waals surface area contributed by atoms with Crippen LogP contribution in [-0.4, -0.2) is 48.1 Å². The second kappa shape index (κ2) is 12.0. The molecule has 0 atom stereocenters. The van der Waals surface area contributed by atoms with Crippen molar-refractivity contribution in [2.45, 2.75) is 12.8 Å². The van der Waals surface area contributed by atoms with Crippen molar-refractivity contribution < 1.29 is 19.1 Å². The first kappa shape index (κ1) is 24.2. The molecule has 0 radical (unpaired) electrons. The Hall–Kier alpha value is -3.91. The van der Waals surface area contributed by atoms with Gasteiger partial charge in [0.15, 0.2) is 5.11 Å². The van der Waals surface area contributed by atoms with E-state index >= 15 is 0 Å². The van der Waals surface area contributed by atoms with Crippen molar-refractivity contribution in [2.75, 3.05) is 31.6 Å². The van der Waals surface area contributed by atoms with Crippen LogP contribution in [0.5, 0.6) is 11.5 Å². The van der Waals surface area contributed by atoms with Crippen LogP contribution >= 0.6 is 12.2 Å². The number of anilines is 1. The predicted molar refractivity (Wildman–Crippen MR) is 139 cm³/mol. The summed E-state index contributed by atoms with van der Waals surface area (Å²) in [5.74, 6) is 1.03. The molecule has 180 valence electrons. The molecule has 1 saturated heterocycles. The Bertz CT molecular complexity index is 1160. The molecule has 4 rings (SSSR count).